The van der Waals surface area contributed by atoms with E-state index in [0.29, 0.717) is 29.1 Å². The Morgan fingerprint density at radius 3 is 2.47 bits per heavy atom. The molecule has 4 unspecified atom stereocenters. The summed E-state index contributed by atoms with van der Waals surface area (Å²) < 4.78 is 19.3. The Morgan fingerprint density at radius 1 is 0.972 bits per heavy atom. The lowest BCUT2D eigenvalue weighted by Gasteiger charge is -2.63. The highest BCUT2D eigenvalue weighted by atomic mass is 32.2. The molecule has 9 atom stereocenters. The minimum Gasteiger partial charge on any atom is -0.418 e. The second kappa shape index (κ2) is 8.88. The molecule has 0 amide bonds. The number of rotatable bonds is 3. The van der Waals surface area contributed by atoms with E-state index in [1.165, 1.54) is 25.7 Å². The Labute approximate surface area is 221 Å². The highest BCUT2D eigenvalue weighted by Gasteiger charge is 2.68. The largest absolute Gasteiger partial charge is 0.418 e. The monoisotopic (exact) mass is 510 g/mol. The molecule has 0 radical (unpaired) electrons. The standard InChI is InChI=1S/C31H42O4S/c1-6-20-12-13-22-25-23(15-17-30(20,22)4)31(5)16-14-19(28(32)36-35-21-10-8-7-9-11-21)18-24(31)26-27(25)34-29(2,3)33-26/h6-11,19,22-27H,12-18H2,1-5H3/b20-6-/t19-,22?,23?,24?,25?,26+,27+,30+,31+/m0/s1. The van der Waals surface area contributed by atoms with E-state index >= 15 is 0 Å². The van der Waals surface area contributed by atoms with Crippen molar-refractivity contribution >= 4 is 17.2 Å². The summed E-state index contributed by atoms with van der Waals surface area (Å²) in [5.74, 6) is 2.36. The second-order valence-electron chi connectivity index (χ2n) is 13.0. The number of benzene rings is 1. The Balaban J connectivity index is 1.27. The maximum absolute atomic E-state index is 13.3. The van der Waals surface area contributed by atoms with Crippen LogP contribution in [0.5, 0.6) is 5.75 Å². The third kappa shape index (κ3) is 3.82. The van der Waals surface area contributed by atoms with Crippen molar-refractivity contribution in [1.29, 1.82) is 0 Å². The molecule has 6 rings (SSSR count). The summed E-state index contributed by atoms with van der Waals surface area (Å²) in [6.45, 7) is 11.5. The Morgan fingerprint density at radius 2 is 1.72 bits per heavy atom. The number of hydrogen-bond donors (Lipinski definition) is 0. The molecular weight excluding hydrogens is 468 g/mol. The number of hydrogen-bond acceptors (Lipinski definition) is 5. The lowest BCUT2D eigenvalue weighted by atomic mass is 9.43. The molecule has 5 heteroatoms. The zero-order chi connectivity index (χ0) is 25.3. The molecule has 0 bridgehead atoms. The van der Waals surface area contributed by atoms with Gasteiger partial charge in [-0.15, -0.1) is 0 Å². The molecule has 1 aromatic carbocycles. The molecule has 196 valence electrons. The number of fused-ring (bicyclic) bond motifs is 8. The van der Waals surface area contributed by atoms with Crippen LogP contribution in [0.15, 0.2) is 42.0 Å². The fourth-order valence-corrected chi connectivity index (χ4v) is 9.99. The molecule has 36 heavy (non-hydrogen) atoms. The van der Waals surface area contributed by atoms with Crippen molar-refractivity contribution in [2.75, 3.05) is 0 Å². The molecule has 5 aliphatic rings. The van der Waals surface area contributed by atoms with E-state index < -0.39 is 5.79 Å². The van der Waals surface area contributed by atoms with Crippen LogP contribution >= 0.6 is 12.0 Å². The molecule has 4 aliphatic carbocycles. The van der Waals surface area contributed by atoms with E-state index in [9.17, 15) is 4.79 Å². The van der Waals surface area contributed by atoms with E-state index in [0.717, 1.165) is 37.1 Å². The average molecular weight is 511 g/mol. The fraction of sp³-hybridized carbons (Fsp3) is 0.710. The van der Waals surface area contributed by atoms with E-state index in [4.69, 9.17) is 13.7 Å². The van der Waals surface area contributed by atoms with Crippen molar-refractivity contribution < 1.29 is 18.5 Å². The summed E-state index contributed by atoms with van der Waals surface area (Å²) in [6, 6.07) is 9.62. The highest BCUT2D eigenvalue weighted by molar-refractivity contribution is 8.09. The molecule has 1 aromatic rings. The number of carbonyl (C=O) groups is 1. The SMILES string of the molecule is C/C=C1/CCC2C3C(CC[C@]12C)[C@@]1(C)CC[C@H](C(=O)SOc2ccccc2)CC1[C@H]1OC(C)(C)O[C@H]31. The Bertz CT molecular complexity index is 1040. The number of carbonyl (C=O) groups excluding carboxylic acids is 1. The zero-order valence-corrected chi connectivity index (χ0v) is 23.3. The van der Waals surface area contributed by atoms with Gasteiger partial charge in [0.15, 0.2) is 5.79 Å². The first-order valence-electron chi connectivity index (χ1n) is 14.1. The molecule has 1 heterocycles. The third-order valence-corrected chi connectivity index (χ3v) is 11.8. The number of allylic oxidation sites excluding steroid dienone is 2. The molecule has 4 nitrogen and oxygen atoms in total. The van der Waals surface area contributed by atoms with Crippen LogP contribution in [0.1, 0.15) is 79.6 Å². The van der Waals surface area contributed by atoms with Crippen LogP contribution in [0.4, 0.5) is 0 Å². The first-order valence-corrected chi connectivity index (χ1v) is 14.9. The summed E-state index contributed by atoms with van der Waals surface area (Å²) in [4.78, 5) is 13.3. The predicted molar refractivity (Wildman–Crippen MR) is 143 cm³/mol. The summed E-state index contributed by atoms with van der Waals surface area (Å²) >= 11 is 1.02. The van der Waals surface area contributed by atoms with Crippen LogP contribution in [-0.4, -0.2) is 23.1 Å². The second-order valence-corrected chi connectivity index (χ2v) is 13.8. The minimum atomic E-state index is -0.566. The van der Waals surface area contributed by atoms with Crippen molar-refractivity contribution in [2.24, 2.45) is 40.4 Å². The minimum absolute atomic E-state index is 0.0104. The molecule has 0 aromatic heterocycles. The third-order valence-electron chi connectivity index (χ3n) is 11.0. The van der Waals surface area contributed by atoms with Gasteiger partial charge in [0.25, 0.3) is 0 Å². The molecular formula is C31H42O4S. The van der Waals surface area contributed by atoms with E-state index in [2.05, 4.69) is 40.7 Å². The van der Waals surface area contributed by atoms with Crippen LogP contribution in [0.3, 0.4) is 0 Å². The van der Waals surface area contributed by atoms with Gasteiger partial charge in [-0.2, -0.15) is 0 Å². The van der Waals surface area contributed by atoms with Crippen LogP contribution in [0, 0.1) is 40.4 Å². The van der Waals surface area contributed by atoms with Gasteiger partial charge in [-0.05, 0) is 112 Å². The van der Waals surface area contributed by atoms with Gasteiger partial charge in [-0.3, -0.25) is 4.79 Å². The van der Waals surface area contributed by atoms with Gasteiger partial charge in [0, 0.05) is 5.92 Å². The molecule has 5 fully saturated rings. The van der Waals surface area contributed by atoms with Crippen LogP contribution in [-0.2, 0) is 14.3 Å². The summed E-state index contributed by atoms with van der Waals surface area (Å²) in [6.07, 6.45) is 10.6. The van der Waals surface area contributed by atoms with Gasteiger partial charge in [-0.1, -0.05) is 43.7 Å². The van der Waals surface area contributed by atoms with Crippen LogP contribution in [0.25, 0.3) is 0 Å². The topological polar surface area (TPSA) is 44.8 Å². The average Bonchev–Trinajstić information content (AvgIpc) is 3.37. The van der Waals surface area contributed by atoms with Crippen molar-refractivity contribution in [1.82, 2.24) is 0 Å². The fourth-order valence-electron chi connectivity index (χ4n) is 9.35. The van der Waals surface area contributed by atoms with Gasteiger partial charge in [-0.25, -0.2) is 0 Å². The zero-order valence-electron chi connectivity index (χ0n) is 22.5. The lowest BCUT2D eigenvalue weighted by molar-refractivity contribution is -0.177. The van der Waals surface area contributed by atoms with Crippen molar-refractivity contribution in [3.63, 3.8) is 0 Å². The van der Waals surface area contributed by atoms with Gasteiger partial charge >= 0.3 is 0 Å². The molecule has 0 spiro atoms. The van der Waals surface area contributed by atoms with Gasteiger partial charge in [0.05, 0.1) is 12.2 Å². The molecule has 1 aliphatic heterocycles. The van der Waals surface area contributed by atoms with Crippen molar-refractivity contribution in [2.45, 2.75) is 97.6 Å². The number of para-hydroxylation sites is 1. The first-order chi connectivity index (χ1) is 17.2. The summed E-state index contributed by atoms with van der Waals surface area (Å²) in [5, 5.41) is 0.155. The summed E-state index contributed by atoms with van der Waals surface area (Å²) in [7, 11) is 0. The van der Waals surface area contributed by atoms with Crippen LogP contribution < -0.4 is 4.18 Å². The van der Waals surface area contributed by atoms with Gasteiger partial charge in [0.1, 0.15) is 17.8 Å². The lowest BCUT2D eigenvalue weighted by Crippen LogP contribution is -2.62. The highest BCUT2D eigenvalue weighted by Crippen LogP contribution is 2.69. The van der Waals surface area contributed by atoms with E-state index in [-0.39, 0.29) is 28.7 Å². The Kier molecular flexibility index (Phi) is 6.17. The first kappa shape index (κ1) is 25.0. The number of ether oxygens (including phenoxy) is 2. The Hall–Kier alpha value is -1.30. The molecule has 1 saturated heterocycles. The quantitative estimate of drug-likeness (QED) is 0.310. The summed E-state index contributed by atoms with van der Waals surface area (Å²) in [5.41, 5.74) is 2.16. The maximum Gasteiger partial charge on any atom is 0.231 e. The van der Waals surface area contributed by atoms with Crippen LogP contribution in [0.2, 0.25) is 0 Å². The normalized spacial score (nSPS) is 45.9. The smallest absolute Gasteiger partial charge is 0.231 e. The van der Waals surface area contributed by atoms with E-state index in [1.807, 2.05) is 30.3 Å². The maximum atomic E-state index is 13.3. The molecule has 0 N–H and O–H groups in total. The van der Waals surface area contributed by atoms with Crippen molar-refractivity contribution in [3.8, 4) is 5.75 Å². The van der Waals surface area contributed by atoms with Gasteiger partial charge in [0.2, 0.25) is 5.12 Å². The van der Waals surface area contributed by atoms with Gasteiger partial charge < -0.3 is 13.7 Å². The van der Waals surface area contributed by atoms with E-state index in [1.54, 1.807) is 5.57 Å². The molecule has 4 saturated carbocycles. The predicted octanol–water partition coefficient (Wildman–Crippen LogP) is 7.59. The van der Waals surface area contributed by atoms with Crippen molar-refractivity contribution in [3.05, 3.63) is 42.0 Å².